The van der Waals surface area contributed by atoms with Crippen LogP contribution in [0.25, 0.3) is 11.3 Å². The van der Waals surface area contributed by atoms with E-state index in [4.69, 9.17) is 14.2 Å². The molecule has 1 saturated heterocycles. The number of rotatable bonds is 5. The van der Waals surface area contributed by atoms with Crippen LogP contribution < -0.4 is 5.32 Å². The summed E-state index contributed by atoms with van der Waals surface area (Å²) in [4.78, 5) is 21.9. The van der Waals surface area contributed by atoms with Gasteiger partial charge in [0.2, 0.25) is 5.91 Å². The van der Waals surface area contributed by atoms with Crippen molar-refractivity contribution in [1.82, 2.24) is 20.4 Å². The zero-order valence-corrected chi connectivity index (χ0v) is 19.1. The maximum absolute atomic E-state index is 12.2. The Labute approximate surface area is 184 Å². The lowest BCUT2D eigenvalue weighted by Gasteiger charge is -2.30. The molecular formula is C24H34N4O3. The first-order valence-corrected chi connectivity index (χ1v) is 11.5. The summed E-state index contributed by atoms with van der Waals surface area (Å²) in [6, 6.07) is 1.95. The molecule has 1 N–H and O–H groups in total. The van der Waals surface area contributed by atoms with Crippen molar-refractivity contribution in [1.29, 1.82) is 0 Å². The Kier molecular flexibility index (Phi) is 6.42. The molecule has 168 valence electrons. The Morgan fingerprint density at radius 3 is 2.58 bits per heavy atom. The minimum atomic E-state index is -0.249. The minimum Gasteiger partial charge on any atom is -0.368 e. The average molecular weight is 427 g/mol. The third-order valence-electron chi connectivity index (χ3n) is 6.40. The predicted octanol–water partition coefficient (Wildman–Crippen LogP) is 4.31. The third-order valence-corrected chi connectivity index (χ3v) is 6.40. The second-order valence-electron chi connectivity index (χ2n) is 10.0. The van der Waals surface area contributed by atoms with E-state index in [0.29, 0.717) is 18.4 Å². The fourth-order valence-corrected chi connectivity index (χ4v) is 4.53. The van der Waals surface area contributed by atoms with E-state index in [1.807, 2.05) is 19.2 Å². The molecule has 31 heavy (non-hydrogen) atoms. The average Bonchev–Trinajstić information content (AvgIpc) is 3.43. The van der Waals surface area contributed by atoms with Crippen molar-refractivity contribution < 1.29 is 14.1 Å². The summed E-state index contributed by atoms with van der Waals surface area (Å²) in [5.41, 5.74) is 2.75. The van der Waals surface area contributed by atoms with Gasteiger partial charge in [-0.2, -0.15) is 0 Å². The van der Waals surface area contributed by atoms with Crippen molar-refractivity contribution in [2.45, 2.75) is 83.7 Å². The monoisotopic (exact) mass is 426 g/mol. The molecule has 0 bridgehead atoms. The lowest BCUT2D eigenvalue weighted by molar-refractivity contribution is -0.130. The van der Waals surface area contributed by atoms with Crippen LogP contribution in [-0.2, 0) is 14.9 Å². The topological polar surface area (TPSA) is 90.1 Å². The van der Waals surface area contributed by atoms with E-state index in [-0.39, 0.29) is 17.4 Å². The van der Waals surface area contributed by atoms with Crippen LogP contribution in [0.1, 0.15) is 82.4 Å². The van der Waals surface area contributed by atoms with Crippen molar-refractivity contribution >= 4 is 5.91 Å². The van der Waals surface area contributed by atoms with Crippen LogP contribution in [0.4, 0.5) is 0 Å². The van der Waals surface area contributed by atoms with Gasteiger partial charge in [-0.25, -0.2) is 9.97 Å². The molecule has 0 spiro atoms. The van der Waals surface area contributed by atoms with Gasteiger partial charge in [0.15, 0.2) is 5.76 Å². The normalized spacial score (nSPS) is 24.3. The van der Waals surface area contributed by atoms with Crippen LogP contribution in [0, 0.1) is 12.8 Å². The molecule has 4 rings (SSSR count). The van der Waals surface area contributed by atoms with Crippen LogP contribution in [0.15, 0.2) is 16.8 Å². The van der Waals surface area contributed by atoms with E-state index in [9.17, 15) is 4.79 Å². The molecule has 1 amide bonds. The molecular weight excluding hydrogens is 392 g/mol. The van der Waals surface area contributed by atoms with E-state index in [0.717, 1.165) is 73.6 Å². The van der Waals surface area contributed by atoms with Gasteiger partial charge in [-0.15, -0.1) is 0 Å². The highest BCUT2D eigenvalue weighted by Gasteiger charge is 2.30. The van der Waals surface area contributed by atoms with Gasteiger partial charge in [-0.1, -0.05) is 25.9 Å². The predicted molar refractivity (Wildman–Crippen MR) is 118 cm³/mol. The molecule has 1 aliphatic heterocycles. The molecule has 1 saturated carbocycles. The van der Waals surface area contributed by atoms with Crippen molar-refractivity contribution in [3.8, 4) is 11.3 Å². The molecule has 3 heterocycles. The van der Waals surface area contributed by atoms with E-state index in [1.54, 1.807) is 0 Å². The number of nitrogens with zero attached hydrogens (tertiary/aromatic N) is 3. The van der Waals surface area contributed by atoms with Gasteiger partial charge in [0.05, 0.1) is 17.0 Å². The summed E-state index contributed by atoms with van der Waals surface area (Å²) in [6.45, 7) is 9.77. The third kappa shape index (κ3) is 5.14. The van der Waals surface area contributed by atoms with Crippen molar-refractivity contribution in [3.05, 3.63) is 29.5 Å². The number of amides is 1. The standard InChI is InChI=1S/C24H34N4O3/c1-15-12-20(31-28-15)18-14-26-23(24(2,3)4)27-21(18)17-9-7-16(8-10-17)13-25-22(29)19-6-5-11-30-19/h12,14,16-17,19H,5-11,13H2,1-4H3,(H,25,29)/t16?,17?,19-/m1/s1. The first kappa shape index (κ1) is 21.9. The van der Waals surface area contributed by atoms with Gasteiger partial charge in [0.1, 0.15) is 11.9 Å². The summed E-state index contributed by atoms with van der Waals surface area (Å²) in [5, 5.41) is 7.16. The fraction of sp³-hybridized carbons (Fsp3) is 0.667. The van der Waals surface area contributed by atoms with Crippen molar-refractivity contribution in [2.75, 3.05) is 13.2 Å². The Hall–Kier alpha value is -2.28. The van der Waals surface area contributed by atoms with E-state index in [1.165, 1.54) is 0 Å². The van der Waals surface area contributed by atoms with Gasteiger partial charge in [-0.3, -0.25) is 4.79 Å². The van der Waals surface area contributed by atoms with Gasteiger partial charge in [-0.05, 0) is 51.4 Å². The van der Waals surface area contributed by atoms with Crippen molar-refractivity contribution in [2.24, 2.45) is 5.92 Å². The fourth-order valence-electron chi connectivity index (χ4n) is 4.53. The molecule has 7 nitrogen and oxygen atoms in total. The number of nitrogens with one attached hydrogen (secondary N) is 1. The summed E-state index contributed by atoms with van der Waals surface area (Å²) < 4.78 is 11.0. The quantitative estimate of drug-likeness (QED) is 0.766. The number of ether oxygens (including phenoxy) is 1. The largest absolute Gasteiger partial charge is 0.368 e. The molecule has 2 fully saturated rings. The number of hydrogen-bond donors (Lipinski definition) is 1. The lowest BCUT2D eigenvalue weighted by Crippen LogP contribution is -2.37. The first-order valence-electron chi connectivity index (χ1n) is 11.5. The highest BCUT2D eigenvalue weighted by molar-refractivity contribution is 5.80. The van der Waals surface area contributed by atoms with E-state index in [2.05, 4.69) is 36.2 Å². The van der Waals surface area contributed by atoms with E-state index < -0.39 is 0 Å². The maximum atomic E-state index is 12.2. The van der Waals surface area contributed by atoms with E-state index >= 15 is 0 Å². The molecule has 0 radical (unpaired) electrons. The molecule has 1 atom stereocenters. The van der Waals surface area contributed by atoms with Gasteiger partial charge in [0, 0.05) is 36.7 Å². The van der Waals surface area contributed by atoms with Crippen LogP contribution in [0.3, 0.4) is 0 Å². The molecule has 0 unspecified atom stereocenters. The summed E-state index contributed by atoms with van der Waals surface area (Å²) in [6.07, 6.45) is 7.69. The molecule has 1 aliphatic carbocycles. The Bertz CT molecular complexity index is 904. The number of aryl methyl sites for hydroxylation is 1. The lowest BCUT2D eigenvalue weighted by atomic mass is 9.79. The van der Waals surface area contributed by atoms with Gasteiger partial charge < -0.3 is 14.6 Å². The Balaban J connectivity index is 1.44. The minimum absolute atomic E-state index is 0.0493. The smallest absolute Gasteiger partial charge is 0.249 e. The summed E-state index contributed by atoms with van der Waals surface area (Å²) in [5.74, 6) is 2.50. The molecule has 7 heteroatoms. The van der Waals surface area contributed by atoms with Crippen LogP contribution in [-0.4, -0.2) is 40.3 Å². The highest BCUT2D eigenvalue weighted by Crippen LogP contribution is 2.39. The van der Waals surface area contributed by atoms with Crippen molar-refractivity contribution in [3.63, 3.8) is 0 Å². The number of carbonyl (C=O) groups is 1. The SMILES string of the molecule is Cc1cc(-c2cnc(C(C)(C)C)nc2C2CCC(CNC(=O)[C@H]3CCCO3)CC2)on1. The molecule has 2 aromatic rings. The molecule has 2 aromatic heterocycles. The number of hydrogen-bond acceptors (Lipinski definition) is 6. The van der Waals surface area contributed by atoms with Gasteiger partial charge in [0.25, 0.3) is 0 Å². The second-order valence-corrected chi connectivity index (χ2v) is 10.0. The molecule has 0 aromatic carbocycles. The van der Waals surface area contributed by atoms with Crippen LogP contribution >= 0.6 is 0 Å². The zero-order valence-electron chi connectivity index (χ0n) is 19.1. The highest BCUT2D eigenvalue weighted by atomic mass is 16.5. The second kappa shape index (κ2) is 9.07. The number of carbonyl (C=O) groups excluding carboxylic acids is 1. The molecule has 2 aliphatic rings. The Morgan fingerprint density at radius 1 is 1.19 bits per heavy atom. The summed E-state index contributed by atoms with van der Waals surface area (Å²) in [7, 11) is 0. The number of aromatic nitrogens is 3. The van der Waals surface area contributed by atoms with Crippen LogP contribution in [0.5, 0.6) is 0 Å². The van der Waals surface area contributed by atoms with Crippen LogP contribution in [0.2, 0.25) is 0 Å². The Morgan fingerprint density at radius 2 is 1.97 bits per heavy atom. The zero-order chi connectivity index (χ0) is 22.0. The first-order chi connectivity index (χ1) is 14.8. The maximum Gasteiger partial charge on any atom is 0.249 e. The van der Waals surface area contributed by atoms with Gasteiger partial charge >= 0.3 is 0 Å². The summed E-state index contributed by atoms with van der Waals surface area (Å²) >= 11 is 0.